The molecule has 0 aliphatic carbocycles. The molecule has 5 rings (SSSR count). The number of H-pyrrole nitrogens is 2. The molecule has 6 heteroatoms. The van der Waals surface area contributed by atoms with E-state index in [9.17, 15) is 4.79 Å². The van der Waals surface area contributed by atoms with Crippen LogP contribution in [-0.4, -0.2) is 26.4 Å². The minimum atomic E-state index is -0.0194. The molecule has 0 bridgehead atoms. The van der Waals surface area contributed by atoms with Crippen molar-refractivity contribution in [2.24, 2.45) is 0 Å². The fourth-order valence-corrected chi connectivity index (χ4v) is 4.32. The summed E-state index contributed by atoms with van der Waals surface area (Å²) < 4.78 is 0. The maximum atomic E-state index is 12.4. The lowest BCUT2D eigenvalue weighted by Gasteiger charge is -2.28. The van der Waals surface area contributed by atoms with E-state index in [1.807, 2.05) is 37.3 Å². The number of aromatic nitrogens is 3. The summed E-state index contributed by atoms with van der Waals surface area (Å²) in [5, 5.41) is 1.93. The number of hydrogen-bond donors (Lipinski definition) is 2. The predicted octanol–water partition coefficient (Wildman–Crippen LogP) is 4.44. The van der Waals surface area contributed by atoms with Crippen molar-refractivity contribution in [1.29, 1.82) is 0 Å². The van der Waals surface area contributed by atoms with Gasteiger partial charge in [0.15, 0.2) is 0 Å². The number of halogens is 1. The molecule has 0 spiro atoms. The number of benzene rings is 2. The Balaban J connectivity index is 1.54. The SMILES string of the molecule is Cc1nc2c(c(=O)[nH]1)CN(Cc1c(-c3ccc(Cl)cc3)[nH]c3ccccc13)CC2. The van der Waals surface area contributed by atoms with E-state index >= 15 is 0 Å². The average molecular weight is 405 g/mol. The lowest BCUT2D eigenvalue weighted by molar-refractivity contribution is 0.242. The number of rotatable bonds is 3. The van der Waals surface area contributed by atoms with E-state index in [1.54, 1.807) is 0 Å². The second-order valence-electron chi connectivity index (χ2n) is 7.57. The average Bonchev–Trinajstić information content (AvgIpc) is 3.07. The van der Waals surface area contributed by atoms with Crippen LogP contribution in [0, 0.1) is 6.92 Å². The van der Waals surface area contributed by atoms with Crippen LogP contribution in [0.15, 0.2) is 53.3 Å². The number of nitrogens with zero attached hydrogens (tertiary/aromatic N) is 2. The van der Waals surface area contributed by atoms with E-state index in [2.05, 4.69) is 38.1 Å². The summed E-state index contributed by atoms with van der Waals surface area (Å²) in [7, 11) is 0. The third-order valence-corrected chi connectivity index (χ3v) is 5.85. The molecule has 2 aromatic carbocycles. The van der Waals surface area contributed by atoms with Crippen molar-refractivity contribution < 1.29 is 0 Å². The predicted molar refractivity (Wildman–Crippen MR) is 116 cm³/mol. The minimum absolute atomic E-state index is 0.0194. The molecule has 5 nitrogen and oxygen atoms in total. The number of aryl methyl sites for hydroxylation is 1. The first-order valence-electron chi connectivity index (χ1n) is 9.75. The number of hydrogen-bond acceptors (Lipinski definition) is 3. The molecule has 3 heterocycles. The molecule has 2 N–H and O–H groups in total. The Morgan fingerprint density at radius 1 is 1.10 bits per heavy atom. The van der Waals surface area contributed by atoms with Gasteiger partial charge in [-0.1, -0.05) is 41.9 Å². The zero-order valence-corrected chi connectivity index (χ0v) is 16.9. The fraction of sp³-hybridized carbons (Fsp3) is 0.217. The number of aromatic amines is 2. The number of fused-ring (bicyclic) bond motifs is 2. The minimum Gasteiger partial charge on any atom is -0.354 e. The molecular formula is C23H21ClN4O. The van der Waals surface area contributed by atoms with Gasteiger partial charge in [0.1, 0.15) is 5.82 Å². The van der Waals surface area contributed by atoms with Gasteiger partial charge in [-0.15, -0.1) is 0 Å². The lowest BCUT2D eigenvalue weighted by atomic mass is 10.0. The van der Waals surface area contributed by atoms with Gasteiger partial charge in [-0.2, -0.15) is 0 Å². The van der Waals surface area contributed by atoms with Crippen LogP contribution in [0.25, 0.3) is 22.2 Å². The van der Waals surface area contributed by atoms with Crippen molar-refractivity contribution in [3.8, 4) is 11.3 Å². The third kappa shape index (κ3) is 3.37. The van der Waals surface area contributed by atoms with Crippen molar-refractivity contribution >= 4 is 22.5 Å². The molecular weight excluding hydrogens is 384 g/mol. The molecule has 29 heavy (non-hydrogen) atoms. The number of para-hydroxylation sites is 1. The molecule has 4 aromatic rings. The van der Waals surface area contributed by atoms with Crippen LogP contribution in [0.1, 0.15) is 22.6 Å². The Kier molecular flexibility index (Phi) is 4.49. The Bertz CT molecular complexity index is 1260. The quantitative estimate of drug-likeness (QED) is 0.530. The molecule has 0 fully saturated rings. The zero-order chi connectivity index (χ0) is 20.0. The fourth-order valence-electron chi connectivity index (χ4n) is 4.19. The normalized spacial score (nSPS) is 14.3. The van der Waals surface area contributed by atoms with E-state index in [1.165, 1.54) is 10.9 Å². The highest BCUT2D eigenvalue weighted by Gasteiger charge is 2.23. The molecule has 0 atom stereocenters. The van der Waals surface area contributed by atoms with Crippen LogP contribution in [0.2, 0.25) is 5.02 Å². The first kappa shape index (κ1) is 18.2. The van der Waals surface area contributed by atoms with E-state index in [0.29, 0.717) is 12.4 Å². The Hall–Kier alpha value is -2.89. The van der Waals surface area contributed by atoms with Crippen LogP contribution in [0.5, 0.6) is 0 Å². The Morgan fingerprint density at radius 2 is 1.90 bits per heavy atom. The summed E-state index contributed by atoms with van der Waals surface area (Å²) in [6.45, 7) is 4.08. The summed E-state index contributed by atoms with van der Waals surface area (Å²) in [6.07, 6.45) is 0.790. The van der Waals surface area contributed by atoms with Gasteiger partial charge in [0.05, 0.1) is 17.0 Å². The van der Waals surface area contributed by atoms with Crippen LogP contribution in [0.3, 0.4) is 0 Å². The highest BCUT2D eigenvalue weighted by Crippen LogP contribution is 2.32. The van der Waals surface area contributed by atoms with E-state index in [0.717, 1.165) is 52.6 Å². The van der Waals surface area contributed by atoms with Crippen molar-refractivity contribution in [2.45, 2.75) is 26.4 Å². The Labute approximate surface area is 173 Å². The van der Waals surface area contributed by atoms with Gasteiger partial charge in [-0.05, 0) is 36.2 Å². The van der Waals surface area contributed by atoms with Gasteiger partial charge >= 0.3 is 0 Å². The van der Waals surface area contributed by atoms with Crippen molar-refractivity contribution in [1.82, 2.24) is 19.9 Å². The summed E-state index contributed by atoms with van der Waals surface area (Å²) in [6, 6.07) is 16.3. The number of nitrogens with one attached hydrogen (secondary N) is 2. The van der Waals surface area contributed by atoms with Crippen molar-refractivity contribution in [3.05, 3.63) is 86.6 Å². The highest BCUT2D eigenvalue weighted by atomic mass is 35.5. The van der Waals surface area contributed by atoms with Gasteiger partial charge < -0.3 is 9.97 Å². The Morgan fingerprint density at radius 3 is 2.72 bits per heavy atom. The second-order valence-corrected chi connectivity index (χ2v) is 8.00. The maximum Gasteiger partial charge on any atom is 0.255 e. The van der Waals surface area contributed by atoms with Gasteiger partial charge in [-0.25, -0.2) is 4.98 Å². The monoisotopic (exact) mass is 404 g/mol. The molecule has 0 unspecified atom stereocenters. The molecule has 0 radical (unpaired) electrons. The van der Waals surface area contributed by atoms with Gasteiger partial charge in [0.25, 0.3) is 5.56 Å². The van der Waals surface area contributed by atoms with E-state index in [4.69, 9.17) is 11.6 Å². The molecule has 1 aliphatic rings. The van der Waals surface area contributed by atoms with Gasteiger partial charge in [-0.3, -0.25) is 9.69 Å². The van der Waals surface area contributed by atoms with Gasteiger partial charge in [0.2, 0.25) is 0 Å². The van der Waals surface area contributed by atoms with Crippen LogP contribution >= 0.6 is 11.6 Å². The van der Waals surface area contributed by atoms with Crippen LogP contribution in [0.4, 0.5) is 0 Å². The van der Waals surface area contributed by atoms with Crippen molar-refractivity contribution in [3.63, 3.8) is 0 Å². The summed E-state index contributed by atoms with van der Waals surface area (Å²) in [5.74, 6) is 0.684. The summed E-state index contributed by atoms with van der Waals surface area (Å²) in [4.78, 5) is 25.7. The second kappa shape index (κ2) is 7.17. The van der Waals surface area contributed by atoms with Crippen molar-refractivity contribution in [2.75, 3.05) is 6.54 Å². The third-order valence-electron chi connectivity index (χ3n) is 5.59. The maximum absolute atomic E-state index is 12.4. The molecule has 2 aromatic heterocycles. The molecule has 1 aliphatic heterocycles. The molecule has 146 valence electrons. The van der Waals surface area contributed by atoms with Gasteiger partial charge in [0, 0.05) is 42.0 Å². The smallest absolute Gasteiger partial charge is 0.255 e. The summed E-state index contributed by atoms with van der Waals surface area (Å²) in [5.41, 5.74) is 6.25. The highest BCUT2D eigenvalue weighted by molar-refractivity contribution is 6.30. The molecule has 0 amide bonds. The first-order valence-corrected chi connectivity index (χ1v) is 10.1. The lowest BCUT2D eigenvalue weighted by Crippen LogP contribution is -2.35. The van der Waals surface area contributed by atoms with E-state index in [-0.39, 0.29) is 5.56 Å². The van der Waals surface area contributed by atoms with Crippen LogP contribution in [-0.2, 0) is 19.5 Å². The summed E-state index contributed by atoms with van der Waals surface area (Å²) >= 11 is 6.09. The zero-order valence-electron chi connectivity index (χ0n) is 16.1. The molecule has 0 saturated heterocycles. The largest absolute Gasteiger partial charge is 0.354 e. The first-order chi connectivity index (χ1) is 14.1. The topological polar surface area (TPSA) is 64.8 Å². The standard InChI is InChI=1S/C23H21ClN4O/c1-14-25-21-10-11-28(13-19(21)23(29)26-14)12-18-17-4-2-3-5-20(17)27-22(18)15-6-8-16(24)9-7-15/h2-9,27H,10-13H2,1H3,(H,25,26,29). The molecule has 0 saturated carbocycles. The van der Waals surface area contributed by atoms with Crippen LogP contribution < -0.4 is 5.56 Å². The van der Waals surface area contributed by atoms with E-state index < -0.39 is 0 Å².